The third-order valence-electron chi connectivity index (χ3n) is 7.34. The molecule has 1 aliphatic rings. The van der Waals surface area contributed by atoms with Crippen LogP contribution in [0.25, 0.3) is 28.0 Å². The topological polar surface area (TPSA) is 162 Å². The van der Waals surface area contributed by atoms with Crippen LogP contribution in [-0.2, 0) is 4.74 Å². The van der Waals surface area contributed by atoms with E-state index in [1.54, 1.807) is 24.4 Å². The maximum Gasteiger partial charge on any atom is 0.354 e. The predicted molar refractivity (Wildman–Crippen MR) is 160 cm³/mol. The number of aromatic nitrogens is 3. The van der Waals surface area contributed by atoms with Gasteiger partial charge in [0.2, 0.25) is 0 Å². The molecule has 1 fully saturated rings. The normalized spacial score (nSPS) is 17.7. The number of nitrogens with one attached hydrogen (secondary N) is 2. The zero-order chi connectivity index (χ0) is 29.1. The molecule has 3 atom stereocenters. The number of hydrogen-bond donors (Lipinski definition) is 5. The van der Waals surface area contributed by atoms with Crippen molar-refractivity contribution < 1.29 is 9.13 Å². The number of fused-ring (bicyclic) bond motifs is 1. The molecule has 4 aromatic rings. The highest BCUT2D eigenvalue weighted by atomic mass is 35.5. The van der Waals surface area contributed by atoms with Crippen molar-refractivity contribution in [3.05, 3.63) is 81.1 Å². The van der Waals surface area contributed by atoms with Gasteiger partial charge in [-0.05, 0) is 74.2 Å². The van der Waals surface area contributed by atoms with Crippen LogP contribution in [0.4, 0.5) is 4.39 Å². The fourth-order valence-electron chi connectivity index (χ4n) is 5.09. The average Bonchev–Trinajstić information content (AvgIpc) is 3.60. The van der Waals surface area contributed by atoms with Crippen molar-refractivity contribution in [2.45, 2.75) is 44.4 Å². The SMILES string of the molecule is C[C@H](NCCCN=C(N)N)c1ccc(-n2cc3cc(-c4cc([C@@H]5CC[C@H](CN)O5)cc(Cl)c4F)[nH]c3nc2=O)cc1. The summed E-state index contributed by atoms with van der Waals surface area (Å²) in [5, 5.41) is 4.09. The van der Waals surface area contributed by atoms with E-state index in [1.165, 1.54) is 4.57 Å². The van der Waals surface area contributed by atoms with Gasteiger partial charge < -0.3 is 32.2 Å². The van der Waals surface area contributed by atoms with Crippen LogP contribution >= 0.6 is 11.6 Å². The van der Waals surface area contributed by atoms with Crippen LogP contribution in [-0.4, -0.2) is 46.2 Å². The van der Waals surface area contributed by atoms with Gasteiger partial charge >= 0.3 is 5.69 Å². The molecule has 3 heterocycles. The summed E-state index contributed by atoms with van der Waals surface area (Å²) in [6.45, 7) is 3.82. The Hall–Kier alpha value is -3.77. The Bertz CT molecular complexity index is 1610. The van der Waals surface area contributed by atoms with E-state index in [4.69, 9.17) is 33.5 Å². The van der Waals surface area contributed by atoms with E-state index >= 15 is 4.39 Å². The smallest absolute Gasteiger partial charge is 0.354 e. The van der Waals surface area contributed by atoms with Crippen LogP contribution in [0.1, 0.15) is 49.5 Å². The quantitative estimate of drug-likeness (QED) is 0.109. The molecular weight excluding hydrogens is 547 g/mol. The standard InChI is InChI=1S/C29H34ClFN8O2/c1-16(35-9-2-10-36-28(33)34)17-3-5-20(6-4-17)39-15-19-13-24(37-27(19)38-29(39)40)22-11-18(12-23(30)26(22)31)25-8-7-21(14-32)41-25/h3-6,11-13,15-16,21,25,35H,2,7-10,14,32H2,1H3,(H4,33,34,36)(H,37,38,40)/t16-,21+,25-/m0/s1. The van der Waals surface area contributed by atoms with Gasteiger partial charge in [-0.3, -0.25) is 9.56 Å². The summed E-state index contributed by atoms with van der Waals surface area (Å²) >= 11 is 6.28. The third kappa shape index (κ3) is 6.43. The number of benzene rings is 2. The molecular formula is C29H34ClFN8O2. The fraction of sp³-hybridized carbons (Fsp3) is 0.345. The average molecular weight is 581 g/mol. The lowest BCUT2D eigenvalue weighted by atomic mass is 10.0. The Morgan fingerprint density at radius 1 is 1.27 bits per heavy atom. The molecule has 1 saturated heterocycles. The van der Waals surface area contributed by atoms with Crippen molar-refractivity contribution >= 4 is 28.6 Å². The molecule has 2 aromatic heterocycles. The predicted octanol–water partition coefficient (Wildman–Crippen LogP) is 3.67. The van der Waals surface area contributed by atoms with Crippen LogP contribution in [0.5, 0.6) is 0 Å². The monoisotopic (exact) mass is 580 g/mol. The number of guanidine groups is 1. The summed E-state index contributed by atoms with van der Waals surface area (Å²) in [6.07, 6.45) is 3.90. The highest BCUT2D eigenvalue weighted by molar-refractivity contribution is 6.31. The molecule has 0 aliphatic carbocycles. The molecule has 12 heteroatoms. The minimum absolute atomic E-state index is 0.000982. The molecule has 0 amide bonds. The molecule has 2 aromatic carbocycles. The molecule has 0 bridgehead atoms. The van der Waals surface area contributed by atoms with Crippen molar-refractivity contribution in [1.82, 2.24) is 19.9 Å². The number of H-pyrrole nitrogens is 1. The molecule has 5 rings (SSSR count). The van der Waals surface area contributed by atoms with Crippen molar-refractivity contribution in [3.8, 4) is 16.9 Å². The van der Waals surface area contributed by atoms with Crippen molar-refractivity contribution in [1.29, 1.82) is 0 Å². The summed E-state index contributed by atoms with van der Waals surface area (Å²) in [4.78, 5) is 24.2. The largest absolute Gasteiger partial charge is 0.370 e. The molecule has 1 aliphatic heterocycles. The van der Waals surface area contributed by atoms with E-state index < -0.39 is 11.5 Å². The Balaban J connectivity index is 1.36. The van der Waals surface area contributed by atoms with Crippen LogP contribution < -0.4 is 28.2 Å². The Morgan fingerprint density at radius 2 is 2.05 bits per heavy atom. The second-order valence-electron chi connectivity index (χ2n) is 10.2. The number of ether oxygens (including phenoxy) is 1. The fourth-order valence-corrected chi connectivity index (χ4v) is 5.32. The van der Waals surface area contributed by atoms with Crippen LogP contribution in [0, 0.1) is 5.82 Å². The number of aliphatic imine (C=N–C) groups is 1. The first-order valence-corrected chi connectivity index (χ1v) is 14.0. The number of rotatable bonds is 10. The van der Waals surface area contributed by atoms with Crippen LogP contribution in [0.3, 0.4) is 0 Å². The maximum absolute atomic E-state index is 15.2. The van der Waals surface area contributed by atoms with Crippen LogP contribution in [0.15, 0.2) is 58.4 Å². The lowest BCUT2D eigenvalue weighted by molar-refractivity contribution is 0.0498. The first-order valence-electron chi connectivity index (χ1n) is 13.6. The van der Waals surface area contributed by atoms with E-state index in [1.807, 2.05) is 24.3 Å². The van der Waals surface area contributed by atoms with Gasteiger partial charge in [-0.25, -0.2) is 9.18 Å². The summed E-state index contributed by atoms with van der Waals surface area (Å²) in [7, 11) is 0. The van der Waals surface area contributed by atoms with E-state index in [0.717, 1.165) is 36.9 Å². The van der Waals surface area contributed by atoms with Gasteiger partial charge in [0.25, 0.3) is 0 Å². The zero-order valence-electron chi connectivity index (χ0n) is 22.7. The summed E-state index contributed by atoms with van der Waals surface area (Å²) in [5.74, 6) is -0.464. The lowest BCUT2D eigenvalue weighted by Crippen LogP contribution is -2.24. The number of nitrogens with two attached hydrogens (primary N) is 3. The second-order valence-corrected chi connectivity index (χ2v) is 10.6. The van der Waals surface area contributed by atoms with E-state index in [0.29, 0.717) is 35.5 Å². The Labute approximate surface area is 241 Å². The minimum Gasteiger partial charge on any atom is -0.370 e. The third-order valence-corrected chi connectivity index (χ3v) is 7.62. The number of halogens is 2. The van der Waals surface area contributed by atoms with E-state index in [2.05, 4.69) is 27.2 Å². The molecule has 10 nitrogen and oxygen atoms in total. The van der Waals surface area contributed by atoms with Gasteiger partial charge in [0, 0.05) is 36.3 Å². The molecule has 0 unspecified atom stereocenters. The van der Waals surface area contributed by atoms with Gasteiger partial charge in [0.05, 0.1) is 28.6 Å². The second kappa shape index (κ2) is 12.4. The zero-order valence-corrected chi connectivity index (χ0v) is 23.5. The van der Waals surface area contributed by atoms with Crippen molar-refractivity contribution in [3.63, 3.8) is 0 Å². The van der Waals surface area contributed by atoms with E-state index in [-0.39, 0.29) is 34.8 Å². The molecule has 8 N–H and O–H groups in total. The highest BCUT2D eigenvalue weighted by Crippen LogP contribution is 2.38. The number of hydrogen-bond acceptors (Lipinski definition) is 6. The first-order chi connectivity index (χ1) is 19.7. The van der Waals surface area contributed by atoms with Crippen molar-refractivity contribution in [2.75, 3.05) is 19.6 Å². The van der Waals surface area contributed by atoms with Crippen molar-refractivity contribution in [2.24, 2.45) is 22.2 Å². The highest BCUT2D eigenvalue weighted by Gasteiger charge is 2.27. The maximum atomic E-state index is 15.2. The molecule has 41 heavy (non-hydrogen) atoms. The summed E-state index contributed by atoms with van der Waals surface area (Å²) in [6, 6.07) is 12.9. The van der Waals surface area contributed by atoms with Gasteiger partial charge in [-0.15, -0.1) is 0 Å². The lowest BCUT2D eigenvalue weighted by Gasteiger charge is -2.15. The minimum atomic E-state index is -0.555. The Morgan fingerprint density at radius 3 is 2.76 bits per heavy atom. The molecule has 216 valence electrons. The number of aromatic amines is 1. The Kier molecular flexibility index (Phi) is 8.69. The van der Waals surface area contributed by atoms with Crippen LogP contribution in [0.2, 0.25) is 5.02 Å². The first kappa shape index (κ1) is 28.7. The summed E-state index contributed by atoms with van der Waals surface area (Å²) < 4.78 is 22.6. The van der Waals surface area contributed by atoms with E-state index in [9.17, 15) is 4.79 Å². The summed E-state index contributed by atoms with van der Waals surface area (Å²) in [5.41, 5.74) is 19.6. The molecule has 0 spiro atoms. The van der Waals surface area contributed by atoms with Gasteiger partial charge in [0.1, 0.15) is 5.65 Å². The number of nitrogens with zero attached hydrogens (tertiary/aromatic N) is 3. The molecule has 0 saturated carbocycles. The van der Waals surface area contributed by atoms with Gasteiger partial charge in [-0.2, -0.15) is 4.98 Å². The van der Waals surface area contributed by atoms with Gasteiger partial charge in [-0.1, -0.05) is 23.7 Å². The molecule has 0 radical (unpaired) electrons. The van der Waals surface area contributed by atoms with Gasteiger partial charge in [0.15, 0.2) is 11.8 Å².